The summed E-state index contributed by atoms with van der Waals surface area (Å²) in [5.41, 5.74) is 0. The van der Waals surface area contributed by atoms with Crippen molar-refractivity contribution in [2.45, 2.75) is 19.3 Å². The molecule has 1 rings (SSSR count). The smallest absolute Gasteiger partial charge is 0.183 e. The van der Waals surface area contributed by atoms with Gasteiger partial charge in [0.1, 0.15) is 0 Å². The SMILES string of the molecule is C=CCCC1=NCCCO1. The van der Waals surface area contributed by atoms with E-state index in [2.05, 4.69) is 11.6 Å². The Bertz CT molecular complexity index is 140. The molecule has 0 N–H and O–H groups in total. The molecule has 1 aliphatic heterocycles. The van der Waals surface area contributed by atoms with Gasteiger partial charge in [-0.05, 0) is 6.42 Å². The van der Waals surface area contributed by atoms with E-state index in [4.69, 9.17) is 4.74 Å². The summed E-state index contributed by atoms with van der Waals surface area (Å²) in [6.45, 7) is 5.41. The van der Waals surface area contributed by atoms with Crippen LogP contribution in [-0.2, 0) is 4.74 Å². The molecule has 0 aromatic carbocycles. The molecule has 1 heterocycles. The number of hydrogen-bond acceptors (Lipinski definition) is 2. The number of rotatable bonds is 3. The summed E-state index contributed by atoms with van der Waals surface area (Å²) in [5.74, 6) is 0.908. The van der Waals surface area contributed by atoms with E-state index in [1.807, 2.05) is 6.08 Å². The van der Waals surface area contributed by atoms with Gasteiger partial charge >= 0.3 is 0 Å². The standard InChI is InChI=1S/C8H13NO/c1-2-3-5-8-9-6-4-7-10-8/h2H,1,3-7H2. The van der Waals surface area contributed by atoms with Gasteiger partial charge in [-0.3, -0.25) is 4.99 Å². The summed E-state index contributed by atoms with van der Waals surface area (Å²) in [6, 6.07) is 0. The Labute approximate surface area is 61.6 Å². The molecule has 0 saturated heterocycles. The minimum atomic E-state index is 0.843. The van der Waals surface area contributed by atoms with Gasteiger partial charge in [-0.2, -0.15) is 0 Å². The Kier molecular flexibility index (Phi) is 3.00. The quantitative estimate of drug-likeness (QED) is 0.546. The largest absolute Gasteiger partial charge is 0.481 e. The van der Waals surface area contributed by atoms with Crippen LogP contribution in [0.1, 0.15) is 19.3 Å². The molecule has 0 aromatic rings. The number of ether oxygens (including phenoxy) is 1. The average molecular weight is 139 g/mol. The Morgan fingerprint density at radius 1 is 1.70 bits per heavy atom. The van der Waals surface area contributed by atoms with E-state index < -0.39 is 0 Å². The normalized spacial score (nSPS) is 17.4. The van der Waals surface area contributed by atoms with E-state index in [-0.39, 0.29) is 0 Å². The summed E-state index contributed by atoms with van der Waals surface area (Å²) < 4.78 is 5.28. The summed E-state index contributed by atoms with van der Waals surface area (Å²) in [6.07, 6.45) is 4.85. The van der Waals surface area contributed by atoms with Crippen LogP contribution in [0.5, 0.6) is 0 Å². The van der Waals surface area contributed by atoms with Gasteiger partial charge in [0.05, 0.1) is 6.61 Å². The molecule has 0 bridgehead atoms. The molecule has 2 heteroatoms. The molecule has 0 spiro atoms. The fraction of sp³-hybridized carbons (Fsp3) is 0.625. The van der Waals surface area contributed by atoms with Gasteiger partial charge in [-0.1, -0.05) is 6.08 Å². The first-order chi connectivity index (χ1) is 4.93. The average Bonchev–Trinajstić information content (AvgIpc) is 2.03. The fourth-order valence-corrected chi connectivity index (χ4v) is 0.881. The van der Waals surface area contributed by atoms with Crippen LogP contribution in [0.3, 0.4) is 0 Å². The number of aliphatic imine (C=N–C) groups is 1. The molecular weight excluding hydrogens is 126 g/mol. The maximum atomic E-state index is 5.28. The Hall–Kier alpha value is -0.790. The van der Waals surface area contributed by atoms with Crippen molar-refractivity contribution in [3.05, 3.63) is 12.7 Å². The van der Waals surface area contributed by atoms with Gasteiger partial charge in [0.25, 0.3) is 0 Å². The highest BCUT2D eigenvalue weighted by molar-refractivity contribution is 5.76. The maximum Gasteiger partial charge on any atom is 0.183 e. The zero-order chi connectivity index (χ0) is 7.23. The van der Waals surface area contributed by atoms with Crippen molar-refractivity contribution < 1.29 is 4.74 Å². The summed E-state index contributed by atoms with van der Waals surface area (Å²) in [4.78, 5) is 4.21. The lowest BCUT2D eigenvalue weighted by atomic mass is 10.3. The van der Waals surface area contributed by atoms with Crippen molar-refractivity contribution >= 4 is 5.90 Å². The summed E-state index contributed by atoms with van der Waals surface area (Å²) >= 11 is 0. The third kappa shape index (κ3) is 2.21. The summed E-state index contributed by atoms with van der Waals surface area (Å²) in [5, 5.41) is 0. The van der Waals surface area contributed by atoms with Crippen molar-refractivity contribution in [3.8, 4) is 0 Å². The number of hydrogen-bond donors (Lipinski definition) is 0. The second kappa shape index (κ2) is 4.09. The fourth-order valence-electron chi connectivity index (χ4n) is 0.881. The van der Waals surface area contributed by atoms with Crippen molar-refractivity contribution in [1.82, 2.24) is 0 Å². The minimum absolute atomic E-state index is 0.843. The molecule has 0 aromatic heterocycles. The van der Waals surface area contributed by atoms with Crippen LogP contribution in [-0.4, -0.2) is 19.0 Å². The van der Waals surface area contributed by atoms with Gasteiger partial charge in [0.15, 0.2) is 5.90 Å². The van der Waals surface area contributed by atoms with Crippen molar-refractivity contribution in [3.63, 3.8) is 0 Å². The molecule has 0 aliphatic carbocycles. The van der Waals surface area contributed by atoms with E-state index >= 15 is 0 Å². The molecule has 1 aliphatic rings. The van der Waals surface area contributed by atoms with Gasteiger partial charge in [0.2, 0.25) is 0 Å². The third-order valence-electron chi connectivity index (χ3n) is 1.42. The van der Waals surface area contributed by atoms with Crippen LogP contribution in [0.25, 0.3) is 0 Å². The molecule has 0 saturated carbocycles. The van der Waals surface area contributed by atoms with Gasteiger partial charge in [-0.15, -0.1) is 6.58 Å². The minimum Gasteiger partial charge on any atom is -0.481 e. The number of allylic oxidation sites excluding steroid dienone is 1. The van der Waals surface area contributed by atoms with E-state index in [0.717, 1.165) is 38.3 Å². The van der Waals surface area contributed by atoms with E-state index in [1.165, 1.54) is 0 Å². The van der Waals surface area contributed by atoms with Crippen molar-refractivity contribution in [1.29, 1.82) is 0 Å². The van der Waals surface area contributed by atoms with E-state index in [0.29, 0.717) is 0 Å². The monoisotopic (exact) mass is 139 g/mol. The predicted molar refractivity (Wildman–Crippen MR) is 42.3 cm³/mol. The van der Waals surface area contributed by atoms with Gasteiger partial charge in [-0.25, -0.2) is 0 Å². The number of nitrogens with zero attached hydrogens (tertiary/aromatic N) is 1. The van der Waals surface area contributed by atoms with Gasteiger partial charge in [0, 0.05) is 19.4 Å². The molecule has 0 unspecified atom stereocenters. The van der Waals surface area contributed by atoms with Crippen LogP contribution < -0.4 is 0 Å². The molecular formula is C8H13NO. The molecule has 0 amide bonds. The molecule has 0 fully saturated rings. The van der Waals surface area contributed by atoms with Gasteiger partial charge < -0.3 is 4.74 Å². The first-order valence-corrected chi connectivity index (χ1v) is 3.70. The predicted octanol–water partition coefficient (Wildman–Crippen LogP) is 1.77. The third-order valence-corrected chi connectivity index (χ3v) is 1.42. The van der Waals surface area contributed by atoms with Crippen LogP contribution in [0.4, 0.5) is 0 Å². The molecule has 56 valence electrons. The Morgan fingerprint density at radius 2 is 2.60 bits per heavy atom. The first kappa shape index (κ1) is 7.32. The lowest BCUT2D eigenvalue weighted by molar-refractivity contribution is 0.274. The van der Waals surface area contributed by atoms with Crippen LogP contribution in [0.15, 0.2) is 17.6 Å². The second-order valence-corrected chi connectivity index (χ2v) is 2.30. The Morgan fingerprint density at radius 3 is 3.20 bits per heavy atom. The highest BCUT2D eigenvalue weighted by Gasteiger charge is 2.03. The highest BCUT2D eigenvalue weighted by Crippen LogP contribution is 2.02. The molecule has 10 heavy (non-hydrogen) atoms. The lowest BCUT2D eigenvalue weighted by Gasteiger charge is -2.12. The Balaban J connectivity index is 2.24. The van der Waals surface area contributed by atoms with Crippen molar-refractivity contribution in [2.75, 3.05) is 13.2 Å². The first-order valence-electron chi connectivity index (χ1n) is 3.70. The van der Waals surface area contributed by atoms with E-state index in [9.17, 15) is 0 Å². The highest BCUT2D eigenvalue weighted by atomic mass is 16.5. The van der Waals surface area contributed by atoms with Crippen LogP contribution in [0, 0.1) is 0 Å². The lowest BCUT2D eigenvalue weighted by Crippen LogP contribution is -2.12. The second-order valence-electron chi connectivity index (χ2n) is 2.30. The maximum absolute atomic E-state index is 5.28. The zero-order valence-electron chi connectivity index (χ0n) is 6.18. The molecule has 0 atom stereocenters. The van der Waals surface area contributed by atoms with Crippen LogP contribution >= 0.6 is 0 Å². The van der Waals surface area contributed by atoms with Crippen molar-refractivity contribution in [2.24, 2.45) is 4.99 Å². The van der Waals surface area contributed by atoms with Crippen LogP contribution in [0.2, 0.25) is 0 Å². The zero-order valence-corrected chi connectivity index (χ0v) is 6.18. The molecule has 2 nitrogen and oxygen atoms in total. The topological polar surface area (TPSA) is 21.6 Å². The molecule has 0 radical (unpaired) electrons. The summed E-state index contributed by atoms with van der Waals surface area (Å²) in [7, 11) is 0. The van der Waals surface area contributed by atoms with E-state index in [1.54, 1.807) is 0 Å².